The van der Waals surface area contributed by atoms with Gasteiger partial charge in [0.15, 0.2) is 0 Å². The van der Waals surface area contributed by atoms with E-state index in [-0.39, 0.29) is 4.92 Å². The van der Waals surface area contributed by atoms with E-state index in [2.05, 4.69) is 0 Å². The van der Waals surface area contributed by atoms with Gasteiger partial charge in [0.25, 0.3) is 6.04 Å². The van der Waals surface area contributed by atoms with E-state index in [1.807, 2.05) is 36.4 Å². The fraction of sp³-hybridized carbons (Fsp3) is 0.154. The van der Waals surface area contributed by atoms with Gasteiger partial charge in [-0.25, -0.2) is 0 Å². The molecule has 86 valence electrons. The van der Waals surface area contributed by atoms with Crippen LogP contribution >= 0.6 is 12.2 Å². The standard InChI is InChI=1S/C13H11NO2S/c1-9-7-8-11(10-5-3-2-4-6-10)12(13(9)17)14(15)16/h2-8,12H,1H3. The van der Waals surface area contributed by atoms with Gasteiger partial charge >= 0.3 is 0 Å². The van der Waals surface area contributed by atoms with Gasteiger partial charge in [0.2, 0.25) is 0 Å². The number of allylic oxidation sites excluding steroid dienone is 2. The molecule has 0 bridgehead atoms. The lowest BCUT2D eigenvalue weighted by molar-refractivity contribution is -0.486. The zero-order chi connectivity index (χ0) is 12.4. The highest BCUT2D eigenvalue weighted by Crippen LogP contribution is 2.27. The molecule has 1 aliphatic rings. The van der Waals surface area contributed by atoms with Gasteiger partial charge in [-0.3, -0.25) is 10.1 Å². The Bertz CT molecular complexity index is 532. The molecule has 0 spiro atoms. The molecule has 1 aromatic rings. The molecule has 1 aromatic carbocycles. The summed E-state index contributed by atoms with van der Waals surface area (Å²) in [7, 11) is 0. The van der Waals surface area contributed by atoms with E-state index >= 15 is 0 Å². The van der Waals surface area contributed by atoms with Gasteiger partial charge in [-0.1, -0.05) is 54.7 Å². The van der Waals surface area contributed by atoms with Gasteiger partial charge in [0, 0.05) is 10.5 Å². The summed E-state index contributed by atoms with van der Waals surface area (Å²) >= 11 is 5.15. The molecule has 0 saturated carbocycles. The Kier molecular flexibility index (Phi) is 3.15. The molecule has 17 heavy (non-hydrogen) atoms. The summed E-state index contributed by atoms with van der Waals surface area (Å²) in [6.07, 6.45) is 3.62. The van der Waals surface area contributed by atoms with Crippen LogP contribution in [0.2, 0.25) is 0 Å². The number of hydrogen-bond acceptors (Lipinski definition) is 3. The second-order valence-corrected chi connectivity index (χ2v) is 4.33. The van der Waals surface area contributed by atoms with Gasteiger partial charge in [-0.15, -0.1) is 0 Å². The Morgan fingerprint density at radius 3 is 2.47 bits per heavy atom. The minimum atomic E-state index is -0.905. The van der Waals surface area contributed by atoms with Crippen molar-refractivity contribution in [2.45, 2.75) is 13.0 Å². The number of benzene rings is 1. The van der Waals surface area contributed by atoms with Crippen molar-refractivity contribution in [3.05, 3.63) is 63.7 Å². The molecule has 1 unspecified atom stereocenters. The van der Waals surface area contributed by atoms with E-state index < -0.39 is 6.04 Å². The number of hydrogen-bond donors (Lipinski definition) is 0. The van der Waals surface area contributed by atoms with Crippen LogP contribution in [0.5, 0.6) is 0 Å². The van der Waals surface area contributed by atoms with Crippen LogP contribution in [0.4, 0.5) is 0 Å². The van der Waals surface area contributed by atoms with Crippen molar-refractivity contribution in [1.29, 1.82) is 0 Å². The first-order chi connectivity index (χ1) is 8.11. The second-order valence-electron chi connectivity index (χ2n) is 3.89. The van der Waals surface area contributed by atoms with Crippen LogP contribution in [-0.4, -0.2) is 15.8 Å². The fourth-order valence-electron chi connectivity index (χ4n) is 1.84. The lowest BCUT2D eigenvalue weighted by atomic mass is 9.89. The van der Waals surface area contributed by atoms with E-state index in [0.29, 0.717) is 10.4 Å². The molecule has 2 rings (SSSR count). The van der Waals surface area contributed by atoms with E-state index in [0.717, 1.165) is 11.1 Å². The summed E-state index contributed by atoms with van der Waals surface area (Å²) < 4.78 is 0. The number of thiocarbonyl (C=S) groups is 1. The van der Waals surface area contributed by atoms with E-state index in [9.17, 15) is 10.1 Å². The third-order valence-corrected chi connectivity index (χ3v) is 3.31. The molecule has 1 atom stereocenters. The van der Waals surface area contributed by atoms with Crippen molar-refractivity contribution in [1.82, 2.24) is 0 Å². The Morgan fingerprint density at radius 2 is 1.88 bits per heavy atom. The summed E-state index contributed by atoms with van der Waals surface area (Å²) in [5, 5.41) is 11.1. The molecule has 0 aliphatic heterocycles. The predicted octanol–water partition coefficient (Wildman–Crippen LogP) is 3.05. The molecule has 0 amide bonds. The van der Waals surface area contributed by atoms with Crippen molar-refractivity contribution in [3.8, 4) is 0 Å². The maximum atomic E-state index is 11.1. The lowest BCUT2D eigenvalue weighted by Crippen LogP contribution is -2.32. The quantitative estimate of drug-likeness (QED) is 0.457. The van der Waals surface area contributed by atoms with Crippen LogP contribution in [0.25, 0.3) is 5.57 Å². The molecule has 0 fully saturated rings. The van der Waals surface area contributed by atoms with Crippen molar-refractivity contribution in [3.63, 3.8) is 0 Å². The van der Waals surface area contributed by atoms with Crippen molar-refractivity contribution in [2.24, 2.45) is 0 Å². The van der Waals surface area contributed by atoms with Gasteiger partial charge in [0.05, 0.1) is 4.86 Å². The van der Waals surface area contributed by atoms with Crippen molar-refractivity contribution >= 4 is 22.7 Å². The highest BCUT2D eigenvalue weighted by Gasteiger charge is 2.33. The Balaban J connectivity index is 2.51. The van der Waals surface area contributed by atoms with Crippen LogP contribution in [0.15, 0.2) is 48.1 Å². The molecular formula is C13H11NO2S. The van der Waals surface area contributed by atoms with Crippen LogP contribution in [0.3, 0.4) is 0 Å². The highest BCUT2D eigenvalue weighted by molar-refractivity contribution is 7.81. The molecule has 0 N–H and O–H groups in total. The molecule has 1 aliphatic carbocycles. The summed E-state index contributed by atoms with van der Waals surface area (Å²) in [6.45, 7) is 1.80. The third-order valence-electron chi connectivity index (χ3n) is 2.76. The fourth-order valence-corrected chi connectivity index (χ4v) is 2.12. The molecule has 0 saturated heterocycles. The predicted molar refractivity (Wildman–Crippen MR) is 71.6 cm³/mol. The van der Waals surface area contributed by atoms with E-state index in [1.165, 1.54) is 0 Å². The Morgan fingerprint density at radius 1 is 1.24 bits per heavy atom. The minimum absolute atomic E-state index is 0.322. The molecule has 0 aromatic heterocycles. The lowest BCUT2D eigenvalue weighted by Gasteiger charge is -2.18. The maximum Gasteiger partial charge on any atom is 0.273 e. The van der Waals surface area contributed by atoms with Crippen LogP contribution in [0.1, 0.15) is 12.5 Å². The molecule has 0 radical (unpaired) electrons. The Hall–Kier alpha value is -1.81. The minimum Gasteiger partial charge on any atom is -0.263 e. The van der Waals surface area contributed by atoms with E-state index in [1.54, 1.807) is 13.0 Å². The first-order valence-corrected chi connectivity index (χ1v) is 5.63. The second kappa shape index (κ2) is 4.59. The summed E-state index contributed by atoms with van der Waals surface area (Å²) in [5.41, 5.74) is 2.30. The topological polar surface area (TPSA) is 43.1 Å². The largest absolute Gasteiger partial charge is 0.273 e. The number of rotatable bonds is 2. The summed E-state index contributed by atoms with van der Waals surface area (Å²) in [6, 6.07) is 8.42. The molecular weight excluding hydrogens is 234 g/mol. The molecule has 4 heteroatoms. The SMILES string of the molecule is CC1=CC=C(c2ccccc2)C([N+](=O)[O-])C1=S. The monoisotopic (exact) mass is 245 g/mol. The molecule has 3 nitrogen and oxygen atoms in total. The van der Waals surface area contributed by atoms with E-state index in [4.69, 9.17) is 12.2 Å². The highest BCUT2D eigenvalue weighted by atomic mass is 32.1. The Labute approximate surface area is 105 Å². The average molecular weight is 245 g/mol. The maximum absolute atomic E-state index is 11.1. The van der Waals surface area contributed by atoms with Gasteiger partial charge in [0.1, 0.15) is 0 Å². The number of nitrogens with zero attached hydrogens (tertiary/aromatic N) is 1. The van der Waals surface area contributed by atoms with Crippen LogP contribution in [0, 0.1) is 10.1 Å². The zero-order valence-corrected chi connectivity index (χ0v) is 10.1. The van der Waals surface area contributed by atoms with Gasteiger partial charge in [-0.2, -0.15) is 0 Å². The van der Waals surface area contributed by atoms with Crippen molar-refractivity contribution < 1.29 is 4.92 Å². The van der Waals surface area contributed by atoms with Gasteiger partial charge in [-0.05, 0) is 18.1 Å². The summed E-state index contributed by atoms with van der Waals surface area (Å²) in [4.78, 5) is 11.2. The van der Waals surface area contributed by atoms with Crippen LogP contribution < -0.4 is 0 Å². The van der Waals surface area contributed by atoms with Crippen molar-refractivity contribution in [2.75, 3.05) is 0 Å². The smallest absolute Gasteiger partial charge is 0.263 e. The first kappa shape index (κ1) is 11.7. The van der Waals surface area contributed by atoms with Crippen LogP contribution in [-0.2, 0) is 0 Å². The first-order valence-electron chi connectivity index (χ1n) is 5.23. The normalized spacial score (nSPS) is 19.6. The third kappa shape index (κ3) is 2.17. The number of nitro groups is 1. The summed E-state index contributed by atoms with van der Waals surface area (Å²) in [5.74, 6) is 0. The zero-order valence-electron chi connectivity index (χ0n) is 9.29. The average Bonchev–Trinajstić information content (AvgIpc) is 2.33. The molecule has 0 heterocycles. The van der Waals surface area contributed by atoms with Gasteiger partial charge < -0.3 is 0 Å².